The molecule has 0 unspecified atom stereocenters. The lowest BCUT2D eigenvalue weighted by atomic mass is 9.85. The van der Waals surface area contributed by atoms with Crippen molar-refractivity contribution in [1.29, 1.82) is 0 Å². The van der Waals surface area contributed by atoms with Gasteiger partial charge in [-0.3, -0.25) is 30.6 Å². The third-order valence-corrected chi connectivity index (χ3v) is 15.8. The van der Waals surface area contributed by atoms with Gasteiger partial charge in [-0.05, 0) is 127 Å². The van der Waals surface area contributed by atoms with Crippen LogP contribution in [-0.4, -0.2) is 108 Å². The summed E-state index contributed by atoms with van der Waals surface area (Å²) in [7, 11) is 7.51. The van der Waals surface area contributed by atoms with Crippen molar-refractivity contribution in [3.63, 3.8) is 0 Å². The number of ether oxygens (including phenoxy) is 3. The maximum atomic E-state index is 13.9. The minimum atomic E-state index is -0.200. The number of methoxy groups -OCH3 is 2. The zero-order chi connectivity index (χ0) is 70.8. The third kappa shape index (κ3) is 22.1. The molecule has 0 radical (unpaired) electrons. The molecule has 96 heavy (non-hydrogen) atoms. The van der Waals surface area contributed by atoms with E-state index in [4.69, 9.17) is 14.2 Å². The van der Waals surface area contributed by atoms with E-state index in [1.165, 1.54) is 22.3 Å². The molecule has 512 valence electrons. The van der Waals surface area contributed by atoms with Crippen molar-refractivity contribution in [2.75, 3.05) is 41.5 Å². The summed E-state index contributed by atoms with van der Waals surface area (Å²) in [5, 5.41) is 40.2. The van der Waals surface area contributed by atoms with Gasteiger partial charge in [0, 0.05) is 82.7 Å². The molecular formula is C78H103F2N13O3. The monoisotopic (exact) mass is 1310 g/mol. The number of aromatic nitrogens is 12. The SMILES string of the molecule is CC(C)(C)c1ccc(-c2cn[nH]c2)c(F)c1.CC(C)(C)c1ccc(-c2cn[nH]c2)cc1F.CC(C)(C)c1cn[nH]c1.CN(C)CCOc1cc(-c2cn[nH]c2)ccc1C(C)(C)C.COc1cc(-c2cn[nH]c2)ccc1C(C)(C)C.COc1cc(C(C)(C)C)ccc1-c1cn[nH]c1. The van der Waals surface area contributed by atoms with Crippen LogP contribution in [0.5, 0.6) is 17.2 Å². The number of hydrogen-bond acceptors (Lipinski definition) is 10. The number of nitrogens with zero attached hydrogens (tertiary/aromatic N) is 7. The fourth-order valence-corrected chi connectivity index (χ4v) is 9.87. The highest BCUT2D eigenvalue weighted by molar-refractivity contribution is 5.71. The van der Waals surface area contributed by atoms with E-state index in [9.17, 15) is 8.78 Å². The number of benzene rings is 5. The molecular weight excluding hydrogens is 1200 g/mol. The average molecular weight is 1310 g/mol. The molecule has 11 aromatic rings. The van der Waals surface area contributed by atoms with Crippen LogP contribution in [-0.2, 0) is 32.5 Å². The van der Waals surface area contributed by atoms with Crippen molar-refractivity contribution < 1.29 is 23.0 Å². The highest BCUT2D eigenvalue weighted by Crippen LogP contribution is 2.38. The van der Waals surface area contributed by atoms with Gasteiger partial charge in [0.25, 0.3) is 0 Å². The van der Waals surface area contributed by atoms with Crippen LogP contribution in [0.2, 0.25) is 0 Å². The van der Waals surface area contributed by atoms with Crippen LogP contribution >= 0.6 is 0 Å². The molecule has 0 atom stereocenters. The van der Waals surface area contributed by atoms with Crippen LogP contribution in [0.1, 0.15) is 158 Å². The first-order valence-corrected chi connectivity index (χ1v) is 32.3. The van der Waals surface area contributed by atoms with Crippen molar-refractivity contribution in [2.24, 2.45) is 0 Å². The average Bonchev–Trinajstić information content (AvgIpc) is 1.29. The predicted molar refractivity (Wildman–Crippen MR) is 388 cm³/mol. The molecule has 0 aliphatic carbocycles. The summed E-state index contributed by atoms with van der Waals surface area (Å²) in [5.74, 6) is 2.41. The highest BCUT2D eigenvalue weighted by atomic mass is 19.1. The Morgan fingerprint density at radius 3 is 1.05 bits per heavy atom. The van der Waals surface area contributed by atoms with Crippen LogP contribution in [0.25, 0.3) is 55.6 Å². The summed E-state index contributed by atoms with van der Waals surface area (Å²) in [4.78, 5) is 2.12. The molecule has 0 fully saturated rings. The molecule has 0 amide bonds. The van der Waals surface area contributed by atoms with Gasteiger partial charge in [0.2, 0.25) is 0 Å². The highest BCUT2D eigenvalue weighted by Gasteiger charge is 2.23. The van der Waals surface area contributed by atoms with Crippen molar-refractivity contribution in [2.45, 2.75) is 157 Å². The lowest BCUT2D eigenvalue weighted by Gasteiger charge is -2.24. The first-order valence-electron chi connectivity index (χ1n) is 32.3. The predicted octanol–water partition coefficient (Wildman–Crippen LogP) is 18.8. The third-order valence-electron chi connectivity index (χ3n) is 15.8. The van der Waals surface area contributed by atoms with E-state index >= 15 is 0 Å². The van der Waals surface area contributed by atoms with E-state index in [1.807, 2.05) is 82.3 Å². The maximum absolute atomic E-state index is 13.9. The molecule has 0 spiro atoms. The number of nitrogens with one attached hydrogen (secondary N) is 6. The molecule has 0 bridgehead atoms. The van der Waals surface area contributed by atoms with Gasteiger partial charge in [-0.2, -0.15) is 30.6 Å². The smallest absolute Gasteiger partial charge is 0.131 e. The number of hydrogen-bond donors (Lipinski definition) is 6. The van der Waals surface area contributed by atoms with Crippen molar-refractivity contribution in [1.82, 2.24) is 66.1 Å². The van der Waals surface area contributed by atoms with Gasteiger partial charge < -0.3 is 19.1 Å². The van der Waals surface area contributed by atoms with Gasteiger partial charge in [0.1, 0.15) is 35.5 Å². The summed E-state index contributed by atoms with van der Waals surface area (Å²) in [6, 6.07) is 29.7. The largest absolute Gasteiger partial charge is 0.496 e. The number of halogens is 2. The minimum Gasteiger partial charge on any atom is -0.496 e. The molecule has 16 nitrogen and oxygen atoms in total. The molecule has 5 aromatic carbocycles. The molecule has 0 saturated heterocycles. The van der Waals surface area contributed by atoms with Gasteiger partial charge in [-0.25, -0.2) is 8.78 Å². The normalized spacial score (nSPS) is 11.7. The van der Waals surface area contributed by atoms with Crippen molar-refractivity contribution in [3.8, 4) is 72.9 Å². The van der Waals surface area contributed by atoms with Crippen LogP contribution in [0.15, 0.2) is 165 Å². The van der Waals surface area contributed by atoms with Gasteiger partial charge >= 0.3 is 0 Å². The maximum Gasteiger partial charge on any atom is 0.131 e. The van der Waals surface area contributed by atoms with E-state index in [-0.39, 0.29) is 44.1 Å². The Labute approximate surface area is 568 Å². The number of H-pyrrole nitrogens is 6. The Morgan fingerprint density at radius 1 is 0.333 bits per heavy atom. The standard InChI is InChI=1S/C17H25N3O.2C14H18N2O.2C13H15FN2.C7H12N2/c1-17(2,3)15-7-6-13(14-11-18-19-12-14)10-16(15)21-9-8-20(4)5;1-14(2,3)11-5-6-12(13(7-11)17-4)10-8-15-16-9-10;1-14(2,3)12-6-5-10(7-13(12)17-4)11-8-15-16-9-11;1-13(2,3)10-4-5-11(12(14)6-10)9-7-15-16-8-9;1-13(2,3)11-5-4-9(6-12(11)14)10-7-15-16-8-10;1-7(2,3)6-4-8-9-5-6/h6-7,10-12H,8-9H2,1-5H3,(H,18,19);2*5-9H,1-4H3,(H,15,16);2*4-8H,1-3H3,(H,15,16);4-5H,1-3H3,(H,8,9). The van der Waals surface area contributed by atoms with Gasteiger partial charge in [-0.15, -0.1) is 0 Å². The molecule has 6 aromatic heterocycles. The summed E-state index contributed by atoms with van der Waals surface area (Å²) >= 11 is 0. The number of likely N-dealkylation sites (N-methyl/N-ethyl adjacent to an activating group) is 1. The summed E-state index contributed by atoms with van der Waals surface area (Å²) < 4.78 is 44.8. The first kappa shape index (κ1) is 75.6. The minimum absolute atomic E-state index is 0.0320. The second-order valence-electron chi connectivity index (χ2n) is 30.0. The second kappa shape index (κ2) is 32.8. The molecule has 18 heteroatoms. The van der Waals surface area contributed by atoms with Gasteiger partial charge in [0.15, 0.2) is 0 Å². The summed E-state index contributed by atoms with van der Waals surface area (Å²) in [5.41, 5.74) is 16.6. The Morgan fingerprint density at radius 2 is 0.698 bits per heavy atom. The fraction of sp³-hybridized carbons (Fsp3) is 0.385. The summed E-state index contributed by atoms with van der Waals surface area (Å²) in [6.07, 6.45) is 21.6. The van der Waals surface area contributed by atoms with Gasteiger partial charge in [0.05, 0.1) is 51.4 Å². The van der Waals surface area contributed by atoms with E-state index in [2.05, 4.69) is 239 Å². The second-order valence-corrected chi connectivity index (χ2v) is 30.0. The number of rotatable bonds is 11. The molecule has 6 N–H and O–H groups in total. The Hall–Kier alpha value is -9.42. The van der Waals surface area contributed by atoms with E-state index < -0.39 is 0 Å². The first-order chi connectivity index (χ1) is 45.0. The topological polar surface area (TPSA) is 203 Å². The molecule has 6 heterocycles. The van der Waals surface area contributed by atoms with Crippen molar-refractivity contribution >= 4 is 0 Å². The lowest BCUT2D eigenvalue weighted by Crippen LogP contribution is -2.21. The van der Waals surface area contributed by atoms with E-state index in [0.717, 1.165) is 85.0 Å². The zero-order valence-corrected chi connectivity index (χ0v) is 60.6. The Balaban J connectivity index is 0.000000184. The van der Waals surface area contributed by atoms with Crippen LogP contribution in [0, 0.1) is 11.6 Å². The molecule has 11 rings (SSSR count). The van der Waals surface area contributed by atoms with Crippen molar-refractivity contribution in [3.05, 3.63) is 210 Å². The molecule has 0 aliphatic heterocycles. The van der Waals surface area contributed by atoms with E-state index in [1.54, 1.807) is 63.4 Å². The zero-order valence-electron chi connectivity index (χ0n) is 60.6. The number of aromatic amines is 6. The van der Waals surface area contributed by atoms with E-state index in [0.29, 0.717) is 12.2 Å². The molecule has 0 saturated carbocycles. The quantitative estimate of drug-likeness (QED) is 0.0723. The van der Waals surface area contributed by atoms with Crippen LogP contribution < -0.4 is 14.2 Å². The molecule has 0 aliphatic rings. The lowest BCUT2D eigenvalue weighted by molar-refractivity contribution is 0.257. The fourth-order valence-electron chi connectivity index (χ4n) is 9.87. The van der Waals surface area contributed by atoms with Gasteiger partial charge in [-0.1, -0.05) is 185 Å². The Bertz CT molecular complexity index is 4040. The summed E-state index contributed by atoms with van der Waals surface area (Å²) in [6.45, 7) is 40.0. The van der Waals surface area contributed by atoms with Crippen LogP contribution in [0.3, 0.4) is 0 Å². The Kier molecular flexibility index (Phi) is 25.8. The van der Waals surface area contributed by atoms with Crippen LogP contribution in [0.4, 0.5) is 8.78 Å².